The van der Waals surface area contributed by atoms with Crippen molar-refractivity contribution in [2.24, 2.45) is 5.92 Å². The summed E-state index contributed by atoms with van der Waals surface area (Å²) in [4.78, 5) is 18.1. The number of ether oxygens (including phenoxy) is 1. The van der Waals surface area contributed by atoms with Crippen LogP contribution >= 0.6 is 0 Å². The fourth-order valence-electron chi connectivity index (χ4n) is 2.04. The second-order valence-corrected chi connectivity index (χ2v) is 4.66. The number of carbonyl (C=O) groups is 1. The lowest BCUT2D eigenvalue weighted by Crippen LogP contribution is -2.31. The molecule has 1 amide bonds. The van der Waals surface area contributed by atoms with Crippen molar-refractivity contribution in [3.63, 3.8) is 0 Å². The third-order valence-electron chi connectivity index (χ3n) is 3.04. The molecule has 1 aromatic rings. The molecule has 0 aliphatic carbocycles. The largest absolute Gasteiger partial charge is 0.381 e. The van der Waals surface area contributed by atoms with Gasteiger partial charge in [-0.15, -0.1) is 0 Å². The Morgan fingerprint density at radius 1 is 1.61 bits per heavy atom. The van der Waals surface area contributed by atoms with Gasteiger partial charge in [0.2, 0.25) is 5.91 Å². The molecule has 1 aliphatic heterocycles. The highest BCUT2D eigenvalue weighted by Crippen LogP contribution is 2.15. The van der Waals surface area contributed by atoms with Gasteiger partial charge in [0.1, 0.15) is 5.82 Å². The van der Waals surface area contributed by atoms with Crippen LogP contribution in [-0.4, -0.2) is 38.2 Å². The summed E-state index contributed by atoms with van der Waals surface area (Å²) in [6.45, 7) is 1.74. The van der Waals surface area contributed by atoms with E-state index in [2.05, 4.69) is 10.3 Å². The zero-order valence-electron chi connectivity index (χ0n) is 10.8. The van der Waals surface area contributed by atoms with Crippen LogP contribution < -0.4 is 10.2 Å². The average Bonchev–Trinajstić information content (AvgIpc) is 2.90. The van der Waals surface area contributed by atoms with Crippen molar-refractivity contribution < 1.29 is 9.53 Å². The highest BCUT2D eigenvalue weighted by molar-refractivity contribution is 5.79. The van der Waals surface area contributed by atoms with Crippen molar-refractivity contribution >= 4 is 11.7 Å². The maximum absolute atomic E-state index is 11.9. The van der Waals surface area contributed by atoms with Crippen LogP contribution in [-0.2, 0) is 16.1 Å². The fourth-order valence-corrected chi connectivity index (χ4v) is 2.04. The second kappa shape index (κ2) is 5.82. The number of carbonyl (C=O) groups excluding carboxylic acids is 1. The molecular weight excluding hydrogens is 230 g/mol. The van der Waals surface area contributed by atoms with Gasteiger partial charge in [0.05, 0.1) is 12.5 Å². The van der Waals surface area contributed by atoms with E-state index in [1.807, 2.05) is 31.1 Å². The van der Waals surface area contributed by atoms with Crippen LogP contribution in [0.2, 0.25) is 0 Å². The Bertz CT molecular complexity index is 414. The van der Waals surface area contributed by atoms with Crippen LogP contribution in [0.4, 0.5) is 5.82 Å². The number of hydrogen-bond acceptors (Lipinski definition) is 4. The first kappa shape index (κ1) is 12.8. The minimum Gasteiger partial charge on any atom is -0.381 e. The standard InChI is InChI=1S/C13H19N3O2/c1-16(2)12-10(4-3-6-14-12)8-15-13(17)11-5-7-18-9-11/h3-4,6,11H,5,7-9H2,1-2H3,(H,15,17)/t11-/m1/s1. The van der Waals surface area contributed by atoms with E-state index in [1.54, 1.807) is 6.20 Å². The summed E-state index contributed by atoms with van der Waals surface area (Å²) in [5.41, 5.74) is 1.02. The second-order valence-electron chi connectivity index (χ2n) is 4.66. The van der Waals surface area contributed by atoms with Gasteiger partial charge < -0.3 is 15.0 Å². The van der Waals surface area contributed by atoms with Gasteiger partial charge in [0.15, 0.2) is 0 Å². The minimum absolute atomic E-state index is 0.00415. The predicted molar refractivity (Wildman–Crippen MR) is 69.3 cm³/mol. The molecule has 18 heavy (non-hydrogen) atoms. The summed E-state index contributed by atoms with van der Waals surface area (Å²) in [6, 6.07) is 3.86. The molecule has 5 heteroatoms. The van der Waals surface area contributed by atoms with E-state index < -0.39 is 0 Å². The number of nitrogens with zero attached hydrogens (tertiary/aromatic N) is 2. The van der Waals surface area contributed by atoms with E-state index in [4.69, 9.17) is 4.74 Å². The first-order chi connectivity index (χ1) is 8.68. The lowest BCUT2D eigenvalue weighted by Gasteiger charge is -2.16. The molecule has 2 rings (SSSR count). The van der Waals surface area contributed by atoms with Crippen LogP contribution in [0, 0.1) is 5.92 Å². The summed E-state index contributed by atoms with van der Waals surface area (Å²) in [7, 11) is 3.89. The summed E-state index contributed by atoms with van der Waals surface area (Å²) < 4.78 is 5.21. The number of anilines is 1. The van der Waals surface area contributed by atoms with Crippen LogP contribution in [0.15, 0.2) is 18.3 Å². The zero-order valence-corrected chi connectivity index (χ0v) is 10.8. The Labute approximate surface area is 107 Å². The quantitative estimate of drug-likeness (QED) is 0.857. The van der Waals surface area contributed by atoms with Gasteiger partial charge in [-0.1, -0.05) is 6.07 Å². The lowest BCUT2D eigenvalue weighted by atomic mass is 10.1. The summed E-state index contributed by atoms with van der Waals surface area (Å²) in [5, 5.41) is 2.95. The van der Waals surface area contributed by atoms with Crippen molar-refractivity contribution in [3.8, 4) is 0 Å². The number of rotatable bonds is 4. The van der Waals surface area contributed by atoms with Gasteiger partial charge in [0.25, 0.3) is 0 Å². The molecule has 0 saturated carbocycles. The van der Waals surface area contributed by atoms with Gasteiger partial charge in [-0.2, -0.15) is 0 Å². The van der Waals surface area contributed by atoms with Crippen molar-refractivity contribution in [1.82, 2.24) is 10.3 Å². The predicted octanol–water partition coefficient (Wildman–Crippen LogP) is 0.800. The molecule has 0 radical (unpaired) electrons. The van der Waals surface area contributed by atoms with Crippen molar-refractivity contribution in [2.75, 3.05) is 32.2 Å². The number of nitrogens with one attached hydrogen (secondary N) is 1. The first-order valence-electron chi connectivity index (χ1n) is 6.15. The van der Waals surface area contributed by atoms with E-state index in [9.17, 15) is 4.79 Å². The van der Waals surface area contributed by atoms with E-state index in [0.29, 0.717) is 19.8 Å². The molecule has 0 spiro atoms. The Balaban J connectivity index is 1.95. The molecule has 0 unspecified atom stereocenters. The van der Waals surface area contributed by atoms with E-state index >= 15 is 0 Å². The normalized spacial score (nSPS) is 18.7. The SMILES string of the molecule is CN(C)c1ncccc1CNC(=O)[C@@H]1CCOC1. The van der Waals surface area contributed by atoms with Gasteiger partial charge in [0, 0.05) is 39.0 Å². The van der Waals surface area contributed by atoms with Gasteiger partial charge in [-0.3, -0.25) is 4.79 Å². The Kier molecular flexibility index (Phi) is 4.15. The lowest BCUT2D eigenvalue weighted by molar-refractivity contribution is -0.125. The number of aromatic nitrogens is 1. The topological polar surface area (TPSA) is 54.5 Å². The fraction of sp³-hybridized carbons (Fsp3) is 0.538. The molecular formula is C13H19N3O2. The Morgan fingerprint density at radius 3 is 3.11 bits per heavy atom. The molecule has 1 saturated heterocycles. The molecule has 98 valence electrons. The summed E-state index contributed by atoms with van der Waals surface area (Å²) in [5.74, 6) is 0.964. The third kappa shape index (κ3) is 2.98. The zero-order chi connectivity index (χ0) is 13.0. The Morgan fingerprint density at radius 2 is 2.44 bits per heavy atom. The maximum Gasteiger partial charge on any atom is 0.225 e. The molecule has 1 atom stereocenters. The van der Waals surface area contributed by atoms with Crippen molar-refractivity contribution in [2.45, 2.75) is 13.0 Å². The number of hydrogen-bond donors (Lipinski definition) is 1. The summed E-state index contributed by atoms with van der Waals surface area (Å²) >= 11 is 0. The first-order valence-corrected chi connectivity index (χ1v) is 6.15. The van der Waals surface area contributed by atoms with Gasteiger partial charge in [-0.05, 0) is 12.5 Å². The van der Waals surface area contributed by atoms with Crippen LogP contribution in [0.1, 0.15) is 12.0 Å². The van der Waals surface area contributed by atoms with E-state index in [-0.39, 0.29) is 11.8 Å². The third-order valence-corrected chi connectivity index (χ3v) is 3.04. The monoisotopic (exact) mass is 249 g/mol. The minimum atomic E-state index is 0.00415. The Hall–Kier alpha value is -1.62. The van der Waals surface area contributed by atoms with E-state index in [0.717, 1.165) is 17.8 Å². The molecule has 1 aromatic heterocycles. The molecule has 0 aromatic carbocycles. The van der Waals surface area contributed by atoms with Crippen molar-refractivity contribution in [1.29, 1.82) is 0 Å². The molecule has 1 aliphatic rings. The van der Waals surface area contributed by atoms with Crippen LogP contribution in [0.25, 0.3) is 0 Å². The van der Waals surface area contributed by atoms with E-state index in [1.165, 1.54) is 0 Å². The molecule has 1 N–H and O–H groups in total. The number of amides is 1. The highest BCUT2D eigenvalue weighted by atomic mass is 16.5. The van der Waals surface area contributed by atoms with Crippen molar-refractivity contribution in [3.05, 3.63) is 23.9 Å². The molecule has 2 heterocycles. The van der Waals surface area contributed by atoms with Gasteiger partial charge in [-0.25, -0.2) is 4.98 Å². The maximum atomic E-state index is 11.9. The molecule has 5 nitrogen and oxygen atoms in total. The molecule has 1 fully saturated rings. The molecule has 0 bridgehead atoms. The summed E-state index contributed by atoms with van der Waals surface area (Å²) in [6.07, 6.45) is 2.57. The number of pyridine rings is 1. The van der Waals surface area contributed by atoms with Crippen LogP contribution in [0.3, 0.4) is 0 Å². The van der Waals surface area contributed by atoms with Gasteiger partial charge >= 0.3 is 0 Å². The average molecular weight is 249 g/mol. The smallest absolute Gasteiger partial charge is 0.225 e. The van der Waals surface area contributed by atoms with Crippen LogP contribution in [0.5, 0.6) is 0 Å². The highest BCUT2D eigenvalue weighted by Gasteiger charge is 2.23.